The van der Waals surface area contributed by atoms with E-state index in [4.69, 9.17) is 0 Å². The van der Waals surface area contributed by atoms with E-state index in [1.54, 1.807) is 6.20 Å². The third-order valence-corrected chi connectivity index (χ3v) is 4.75. The summed E-state index contributed by atoms with van der Waals surface area (Å²) >= 11 is 0. The first-order valence-electron chi connectivity index (χ1n) is 7.95. The van der Waals surface area contributed by atoms with Gasteiger partial charge in [0.25, 0.3) is 5.91 Å². The van der Waals surface area contributed by atoms with Crippen molar-refractivity contribution in [3.8, 4) is 11.3 Å². The minimum atomic E-state index is -0.0288. The predicted octanol–water partition coefficient (Wildman–Crippen LogP) is 2.51. The van der Waals surface area contributed by atoms with Gasteiger partial charge in [-0.25, -0.2) is 0 Å². The molecule has 1 amide bonds. The van der Waals surface area contributed by atoms with Crippen molar-refractivity contribution in [3.63, 3.8) is 0 Å². The highest BCUT2D eigenvalue weighted by molar-refractivity contribution is 5.99. The lowest BCUT2D eigenvalue weighted by molar-refractivity contribution is 0.0924. The zero-order valence-corrected chi connectivity index (χ0v) is 13.6. The van der Waals surface area contributed by atoms with E-state index in [9.17, 15) is 4.79 Å². The fraction of sp³-hybridized carbons (Fsp3) is 0.412. The van der Waals surface area contributed by atoms with Crippen molar-refractivity contribution in [2.75, 3.05) is 0 Å². The molecule has 2 aromatic rings. The van der Waals surface area contributed by atoms with Gasteiger partial charge in [-0.2, -0.15) is 5.10 Å². The number of halogens is 1. The van der Waals surface area contributed by atoms with Crippen LogP contribution in [-0.4, -0.2) is 34.2 Å². The van der Waals surface area contributed by atoms with Crippen molar-refractivity contribution >= 4 is 18.3 Å². The Morgan fingerprint density at radius 1 is 1.13 bits per heavy atom. The molecular formula is C17H21ClN4O. The molecule has 4 rings (SSSR count). The molecule has 122 valence electrons. The smallest absolute Gasteiger partial charge is 0.255 e. The van der Waals surface area contributed by atoms with E-state index >= 15 is 0 Å². The van der Waals surface area contributed by atoms with Crippen molar-refractivity contribution in [1.29, 1.82) is 0 Å². The van der Waals surface area contributed by atoms with Crippen molar-refractivity contribution in [1.82, 2.24) is 20.8 Å². The molecule has 0 aliphatic carbocycles. The van der Waals surface area contributed by atoms with Crippen LogP contribution in [-0.2, 0) is 0 Å². The topological polar surface area (TPSA) is 69.8 Å². The Bertz CT molecular complexity index is 660. The first-order chi connectivity index (χ1) is 10.8. The number of H-pyrrole nitrogens is 1. The van der Waals surface area contributed by atoms with Gasteiger partial charge in [-0.05, 0) is 25.7 Å². The number of hydrogen-bond donors (Lipinski definition) is 3. The maximum atomic E-state index is 12.6. The van der Waals surface area contributed by atoms with Crippen molar-refractivity contribution in [3.05, 3.63) is 42.1 Å². The van der Waals surface area contributed by atoms with Gasteiger partial charge in [0.1, 0.15) is 0 Å². The van der Waals surface area contributed by atoms with Gasteiger partial charge in [-0.1, -0.05) is 30.3 Å². The van der Waals surface area contributed by atoms with E-state index in [1.807, 2.05) is 30.3 Å². The Hall–Kier alpha value is -1.85. The van der Waals surface area contributed by atoms with E-state index < -0.39 is 0 Å². The van der Waals surface area contributed by atoms with Gasteiger partial charge in [-0.3, -0.25) is 9.89 Å². The Kier molecular flexibility index (Phi) is 4.68. The molecular weight excluding hydrogens is 312 g/mol. The molecule has 3 heterocycles. The number of nitrogens with zero attached hydrogens (tertiary/aromatic N) is 1. The molecule has 1 aromatic heterocycles. The van der Waals surface area contributed by atoms with Crippen molar-refractivity contribution in [2.24, 2.45) is 0 Å². The van der Waals surface area contributed by atoms with Gasteiger partial charge < -0.3 is 10.6 Å². The zero-order valence-electron chi connectivity index (χ0n) is 12.8. The number of piperidine rings is 1. The average molecular weight is 333 g/mol. The second kappa shape index (κ2) is 6.72. The number of hydrogen-bond acceptors (Lipinski definition) is 3. The second-order valence-corrected chi connectivity index (χ2v) is 6.30. The molecule has 5 nitrogen and oxygen atoms in total. The number of carbonyl (C=O) groups excluding carboxylic acids is 1. The number of rotatable bonds is 3. The first-order valence-corrected chi connectivity index (χ1v) is 7.95. The third kappa shape index (κ3) is 3.26. The molecule has 2 unspecified atom stereocenters. The summed E-state index contributed by atoms with van der Waals surface area (Å²) < 4.78 is 0. The highest BCUT2D eigenvalue weighted by Crippen LogP contribution is 2.27. The summed E-state index contributed by atoms with van der Waals surface area (Å²) in [7, 11) is 0. The van der Waals surface area contributed by atoms with Gasteiger partial charge in [0.15, 0.2) is 0 Å². The van der Waals surface area contributed by atoms with Crippen LogP contribution in [0.4, 0.5) is 0 Å². The first kappa shape index (κ1) is 16.0. The molecule has 2 fully saturated rings. The SMILES string of the molecule is Cl.O=C(NC1CC2CCC(C1)N2)c1cn[nH]c1-c1ccccc1. The molecule has 2 atom stereocenters. The molecule has 6 heteroatoms. The van der Waals surface area contributed by atoms with Crippen LogP contribution in [0.2, 0.25) is 0 Å². The van der Waals surface area contributed by atoms with E-state index in [1.165, 1.54) is 12.8 Å². The molecule has 2 aliphatic rings. The monoisotopic (exact) mass is 332 g/mol. The Labute approximate surface area is 141 Å². The van der Waals surface area contributed by atoms with E-state index in [0.29, 0.717) is 17.6 Å². The third-order valence-electron chi connectivity index (χ3n) is 4.75. The number of amides is 1. The van der Waals surface area contributed by atoms with Crippen molar-refractivity contribution in [2.45, 2.75) is 43.8 Å². The number of benzene rings is 1. The summed E-state index contributed by atoms with van der Waals surface area (Å²) in [6.45, 7) is 0. The van der Waals surface area contributed by atoms with Crippen LogP contribution in [0.25, 0.3) is 11.3 Å². The number of aromatic amines is 1. The maximum absolute atomic E-state index is 12.6. The van der Waals surface area contributed by atoms with E-state index in [0.717, 1.165) is 24.1 Å². The summed E-state index contributed by atoms with van der Waals surface area (Å²) in [5.41, 5.74) is 2.39. The summed E-state index contributed by atoms with van der Waals surface area (Å²) in [4.78, 5) is 12.6. The lowest BCUT2D eigenvalue weighted by Gasteiger charge is -2.29. The fourth-order valence-corrected chi connectivity index (χ4v) is 3.72. The minimum Gasteiger partial charge on any atom is -0.349 e. The predicted molar refractivity (Wildman–Crippen MR) is 91.7 cm³/mol. The Morgan fingerprint density at radius 2 is 1.83 bits per heavy atom. The summed E-state index contributed by atoms with van der Waals surface area (Å²) in [6, 6.07) is 11.3. The van der Waals surface area contributed by atoms with Crippen LogP contribution in [0.1, 0.15) is 36.0 Å². The Morgan fingerprint density at radius 3 is 2.52 bits per heavy atom. The van der Waals surface area contributed by atoms with Gasteiger partial charge in [-0.15, -0.1) is 12.4 Å². The molecule has 0 spiro atoms. The molecule has 2 bridgehead atoms. The number of carbonyl (C=O) groups is 1. The largest absolute Gasteiger partial charge is 0.349 e. The van der Waals surface area contributed by atoms with Gasteiger partial charge in [0.2, 0.25) is 0 Å². The van der Waals surface area contributed by atoms with Gasteiger partial charge >= 0.3 is 0 Å². The van der Waals surface area contributed by atoms with Crippen LogP contribution in [0.5, 0.6) is 0 Å². The molecule has 3 N–H and O–H groups in total. The van der Waals surface area contributed by atoms with E-state index in [-0.39, 0.29) is 24.4 Å². The van der Waals surface area contributed by atoms with E-state index in [2.05, 4.69) is 20.8 Å². The van der Waals surface area contributed by atoms with Gasteiger partial charge in [0.05, 0.1) is 17.5 Å². The lowest BCUT2D eigenvalue weighted by atomic mass is 9.99. The highest BCUT2D eigenvalue weighted by atomic mass is 35.5. The fourth-order valence-electron chi connectivity index (χ4n) is 3.72. The summed E-state index contributed by atoms with van der Waals surface area (Å²) in [5, 5.41) is 13.8. The quantitative estimate of drug-likeness (QED) is 0.809. The normalized spacial score (nSPS) is 25.7. The highest BCUT2D eigenvalue weighted by Gasteiger charge is 2.34. The molecule has 0 saturated carbocycles. The van der Waals surface area contributed by atoms with Crippen LogP contribution in [0.3, 0.4) is 0 Å². The maximum Gasteiger partial charge on any atom is 0.255 e. The second-order valence-electron chi connectivity index (χ2n) is 6.30. The number of aromatic nitrogens is 2. The molecule has 23 heavy (non-hydrogen) atoms. The molecule has 0 radical (unpaired) electrons. The summed E-state index contributed by atoms with van der Waals surface area (Å²) in [5.74, 6) is -0.0288. The Balaban J connectivity index is 0.00000156. The number of fused-ring (bicyclic) bond motifs is 2. The lowest BCUT2D eigenvalue weighted by Crippen LogP contribution is -2.48. The zero-order chi connectivity index (χ0) is 14.9. The standard InChI is InChI=1S/C17H20N4O.ClH/c22-17(20-14-8-12-6-7-13(9-14)19-12)15-10-18-21-16(15)11-4-2-1-3-5-11;/h1-5,10,12-14,19H,6-9H2,(H,18,21)(H,20,22);1H. The average Bonchev–Trinajstić information content (AvgIpc) is 3.15. The van der Waals surface area contributed by atoms with Crippen LogP contribution >= 0.6 is 12.4 Å². The minimum absolute atomic E-state index is 0. The van der Waals surface area contributed by atoms with Gasteiger partial charge in [0, 0.05) is 23.7 Å². The molecule has 1 aromatic carbocycles. The van der Waals surface area contributed by atoms with Crippen molar-refractivity contribution < 1.29 is 4.79 Å². The van der Waals surface area contributed by atoms with Crippen LogP contribution < -0.4 is 10.6 Å². The number of nitrogens with one attached hydrogen (secondary N) is 3. The van der Waals surface area contributed by atoms with Crippen LogP contribution in [0.15, 0.2) is 36.5 Å². The van der Waals surface area contributed by atoms with Crippen LogP contribution in [0, 0.1) is 0 Å². The molecule has 2 aliphatic heterocycles. The molecule has 2 saturated heterocycles. The summed E-state index contributed by atoms with van der Waals surface area (Å²) in [6.07, 6.45) is 6.14.